The molecule has 39 heavy (non-hydrogen) atoms. The molecule has 0 aliphatic heterocycles. The minimum atomic E-state index is -4.85. The second-order valence-corrected chi connectivity index (χ2v) is 10.7. The topological polar surface area (TPSA) is 141 Å². The molecule has 0 spiro atoms. The summed E-state index contributed by atoms with van der Waals surface area (Å²) in [7, 11) is 0. The van der Waals surface area contributed by atoms with Crippen LogP contribution in [-0.2, 0) is 11.3 Å². The quantitative estimate of drug-likeness (QED) is 0.260. The number of nitrogens with zero attached hydrogens (tertiary/aromatic N) is 3. The first-order valence-corrected chi connectivity index (χ1v) is 12.5. The van der Waals surface area contributed by atoms with Crippen molar-refractivity contribution in [1.82, 2.24) is 15.3 Å². The molecule has 214 valence electrons. The fourth-order valence-electron chi connectivity index (χ4n) is 4.21. The number of benzene rings is 1. The van der Waals surface area contributed by atoms with E-state index in [4.69, 9.17) is 4.74 Å². The molecule has 1 amide bonds. The molecule has 11 nitrogen and oxygen atoms in total. The zero-order valence-corrected chi connectivity index (χ0v) is 22.2. The minimum Gasteiger partial charge on any atom is -0.444 e. The van der Waals surface area contributed by atoms with Gasteiger partial charge in [-0.05, 0) is 65.4 Å². The number of amides is 1. The molecule has 3 N–H and O–H groups in total. The van der Waals surface area contributed by atoms with Gasteiger partial charge in [0.1, 0.15) is 17.5 Å². The average molecular weight is 555 g/mol. The molecule has 0 atom stereocenters. The van der Waals surface area contributed by atoms with E-state index in [1.165, 1.54) is 18.2 Å². The van der Waals surface area contributed by atoms with Gasteiger partial charge in [-0.15, -0.1) is 13.2 Å². The van der Waals surface area contributed by atoms with Crippen LogP contribution in [-0.4, -0.2) is 45.0 Å². The number of rotatable bonds is 9. The van der Waals surface area contributed by atoms with Crippen molar-refractivity contribution in [2.24, 2.45) is 5.92 Å². The summed E-state index contributed by atoms with van der Waals surface area (Å²) in [5, 5.41) is 20.3. The van der Waals surface area contributed by atoms with Gasteiger partial charge in [-0.2, -0.15) is 4.98 Å². The van der Waals surface area contributed by atoms with Crippen LogP contribution in [0.3, 0.4) is 0 Å². The summed E-state index contributed by atoms with van der Waals surface area (Å²) in [5.41, 5.74) is -1.13. The van der Waals surface area contributed by atoms with Crippen LogP contribution < -0.4 is 20.7 Å². The van der Waals surface area contributed by atoms with E-state index < -0.39 is 28.5 Å². The molecule has 1 aromatic heterocycles. The predicted molar refractivity (Wildman–Crippen MR) is 137 cm³/mol. The molecule has 0 unspecified atom stereocenters. The lowest BCUT2D eigenvalue weighted by Crippen LogP contribution is -2.50. The van der Waals surface area contributed by atoms with E-state index in [-0.39, 0.29) is 41.2 Å². The summed E-state index contributed by atoms with van der Waals surface area (Å²) in [5.74, 6) is -0.195. The van der Waals surface area contributed by atoms with Gasteiger partial charge in [0.25, 0.3) is 0 Å². The molecule has 1 saturated carbocycles. The van der Waals surface area contributed by atoms with Crippen LogP contribution in [0.5, 0.6) is 5.75 Å². The Kier molecular flexibility index (Phi) is 9.07. The highest BCUT2D eigenvalue weighted by molar-refractivity contribution is 5.68. The summed E-state index contributed by atoms with van der Waals surface area (Å²) in [6, 6.07) is 5.61. The fourth-order valence-corrected chi connectivity index (χ4v) is 4.21. The predicted octanol–water partition coefficient (Wildman–Crippen LogP) is 5.78. The number of carbonyl (C=O) groups excluding carboxylic acids is 1. The molecule has 1 aromatic carbocycles. The Labute approximate surface area is 224 Å². The van der Waals surface area contributed by atoms with Crippen molar-refractivity contribution in [3.8, 4) is 5.75 Å². The minimum absolute atomic E-state index is 0.00228. The highest BCUT2D eigenvalue weighted by Crippen LogP contribution is 2.33. The Bertz CT molecular complexity index is 1160. The lowest BCUT2D eigenvalue weighted by molar-refractivity contribution is -0.384. The van der Waals surface area contributed by atoms with E-state index in [1.807, 2.05) is 6.92 Å². The summed E-state index contributed by atoms with van der Waals surface area (Å²) in [6.45, 7) is 7.66. The lowest BCUT2D eigenvalue weighted by Gasteiger charge is -2.38. The van der Waals surface area contributed by atoms with E-state index in [0.29, 0.717) is 19.4 Å². The van der Waals surface area contributed by atoms with E-state index in [0.717, 1.165) is 19.0 Å². The lowest BCUT2D eigenvalue weighted by atomic mass is 9.77. The third kappa shape index (κ3) is 9.45. The van der Waals surface area contributed by atoms with Gasteiger partial charge in [-0.3, -0.25) is 10.1 Å². The number of para-hydroxylation sites is 1. The van der Waals surface area contributed by atoms with Crippen molar-refractivity contribution >= 4 is 23.5 Å². The Balaban J connectivity index is 1.60. The summed E-state index contributed by atoms with van der Waals surface area (Å²) in [6.07, 6.45) is -1.34. The van der Waals surface area contributed by atoms with Crippen LogP contribution >= 0.6 is 0 Å². The molecule has 1 aliphatic rings. The number of anilines is 2. The zero-order chi connectivity index (χ0) is 28.8. The largest absolute Gasteiger partial charge is 0.573 e. The number of halogens is 3. The maximum absolute atomic E-state index is 12.7. The summed E-state index contributed by atoms with van der Waals surface area (Å²) in [4.78, 5) is 31.2. The first-order chi connectivity index (χ1) is 18.1. The van der Waals surface area contributed by atoms with Gasteiger partial charge in [0, 0.05) is 24.2 Å². The molecule has 1 aliphatic carbocycles. The van der Waals surface area contributed by atoms with Gasteiger partial charge in [0.05, 0.1) is 4.92 Å². The van der Waals surface area contributed by atoms with Crippen LogP contribution in [0.15, 0.2) is 30.5 Å². The fraction of sp³-hybridized carbons (Fsp3) is 0.560. The number of alkyl halides is 3. The smallest absolute Gasteiger partial charge is 0.444 e. The SMILES string of the molecule is CC(C)(C)OC(=O)N[C@]1(C)CC[C@@H](CNc2nc(NCc3ccccc3OC(F)(F)F)ncc2[N+](=O)[O-])CC1. The van der Waals surface area contributed by atoms with Crippen LogP contribution in [0.2, 0.25) is 0 Å². The number of nitrogens with one attached hydrogen (secondary N) is 3. The number of hydrogen-bond acceptors (Lipinski definition) is 9. The second-order valence-electron chi connectivity index (χ2n) is 10.7. The van der Waals surface area contributed by atoms with Crippen molar-refractivity contribution in [1.29, 1.82) is 0 Å². The first kappa shape index (κ1) is 29.7. The molecule has 14 heteroatoms. The molecule has 0 saturated heterocycles. The van der Waals surface area contributed by atoms with Crippen LogP contribution in [0, 0.1) is 16.0 Å². The molecule has 0 radical (unpaired) electrons. The summed E-state index contributed by atoms with van der Waals surface area (Å²) < 4.78 is 47.5. The molecule has 3 rings (SSSR count). The number of ether oxygens (including phenoxy) is 2. The van der Waals surface area contributed by atoms with Gasteiger partial charge in [0.2, 0.25) is 11.8 Å². The van der Waals surface area contributed by atoms with Crippen molar-refractivity contribution in [2.75, 3.05) is 17.2 Å². The first-order valence-electron chi connectivity index (χ1n) is 12.5. The second kappa shape index (κ2) is 11.9. The number of carbonyl (C=O) groups is 1. The van der Waals surface area contributed by atoms with Gasteiger partial charge >= 0.3 is 18.1 Å². The Morgan fingerprint density at radius 2 is 1.85 bits per heavy atom. The standard InChI is InChI=1S/C25H33F3N6O5/c1-23(2,3)39-22(35)33-24(4)11-9-16(10-12-24)13-29-20-18(34(36)37)15-31-21(32-20)30-14-17-7-5-6-8-19(17)38-25(26,27)28/h5-8,15-16H,9-14H2,1-4H3,(H,33,35)(H2,29,30,31,32)/t16-,24-. The summed E-state index contributed by atoms with van der Waals surface area (Å²) >= 11 is 0. The van der Waals surface area contributed by atoms with Crippen molar-refractivity contribution < 1.29 is 32.4 Å². The third-order valence-electron chi connectivity index (χ3n) is 6.17. The van der Waals surface area contributed by atoms with Crippen molar-refractivity contribution in [2.45, 2.75) is 77.4 Å². The van der Waals surface area contributed by atoms with E-state index in [9.17, 15) is 28.1 Å². The van der Waals surface area contributed by atoms with Crippen molar-refractivity contribution in [3.05, 3.63) is 46.1 Å². The van der Waals surface area contributed by atoms with Crippen LogP contribution in [0.25, 0.3) is 0 Å². The van der Waals surface area contributed by atoms with Gasteiger partial charge in [0.15, 0.2) is 0 Å². The van der Waals surface area contributed by atoms with E-state index in [1.54, 1.807) is 26.8 Å². The Morgan fingerprint density at radius 1 is 1.18 bits per heavy atom. The van der Waals surface area contributed by atoms with Crippen molar-refractivity contribution in [3.63, 3.8) is 0 Å². The number of aromatic nitrogens is 2. The highest BCUT2D eigenvalue weighted by Gasteiger charge is 2.34. The Morgan fingerprint density at radius 3 is 2.46 bits per heavy atom. The van der Waals surface area contributed by atoms with Crippen LogP contribution in [0.4, 0.5) is 35.4 Å². The zero-order valence-electron chi connectivity index (χ0n) is 22.2. The molecule has 1 heterocycles. The number of alkyl carbamates (subject to hydrolysis) is 1. The van der Waals surface area contributed by atoms with E-state index >= 15 is 0 Å². The third-order valence-corrected chi connectivity index (χ3v) is 6.17. The van der Waals surface area contributed by atoms with Gasteiger partial charge in [-0.25, -0.2) is 9.78 Å². The Hall–Kier alpha value is -3.84. The molecule has 1 fully saturated rings. The number of hydrogen-bond donors (Lipinski definition) is 3. The molecule has 0 bridgehead atoms. The average Bonchev–Trinajstić information content (AvgIpc) is 2.80. The molecular weight excluding hydrogens is 521 g/mol. The van der Waals surface area contributed by atoms with Crippen LogP contribution in [0.1, 0.15) is 58.9 Å². The van der Waals surface area contributed by atoms with Gasteiger partial charge < -0.3 is 25.4 Å². The molecule has 2 aromatic rings. The monoisotopic (exact) mass is 554 g/mol. The number of nitro groups is 1. The molecular formula is C25H33F3N6O5. The normalized spacial score (nSPS) is 19.6. The maximum Gasteiger partial charge on any atom is 0.573 e. The maximum atomic E-state index is 12.7. The highest BCUT2D eigenvalue weighted by atomic mass is 19.4. The van der Waals surface area contributed by atoms with Gasteiger partial charge in [-0.1, -0.05) is 18.2 Å². The van der Waals surface area contributed by atoms with E-state index in [2.05, 4.69) is 30.7 Å².